The maximum atomic E-state index is 9.46. The lowest BCUT2D eigenvalue weighted by Crippen LogP contribution is -2.93. The molecule has 2 atom stereocenters. The Hall–Kier alpha value is -4.76. The molecule has 1 aliphatic carbocycles. The van der Waals surface area contributed by atoms with Gasteiger partial charge in [0.05, 0.1) is 22.7 Å². The standard InChI is InChI=1S/C33H25N5/c34-21-22-17-18-30-28(19-22)27-15-8-16-29(27)38(30)26-14-7-13-25(20-26)33-36-31(23-9-3-1-4-10-23)35-32(37-33)24-11-5-2-6-12-24/h1-15,17-20,31,33,36H,16H2,(H,35,37)/p+1. The Morgan fingerprint density at radius 2 is 1.66 bits per heavy atom. The van der Waals surface area contributed by atoms with Crippen LogP contribution in [0.3, 0.4) is 0 Å². The van der Waals surface area contributed by atoms with Crippen LogP contribution in [0.4, 0.5) is 0 Å². The fourth-order valence-electron chi connectivity index (χ4n) is 5.64. The predicted octanol–water partition coefficient (Wildman–Crippen LogP) is 5.38. The molecule has 2 aliphatic rings. The average molecular weight is 493 g/mol. The molecule has 5 nitrogen and oxygen atoms in total. The summed E-state index contributed by atoms with van der Waals surface area (Å²) in [5.74, 6) is 0.995. The normalized spacial score (nSPS) is 18.2. The van der Waals surface area contributed by atoms with Crippen LogP contribution >= 0.6 is 0 Å². The van der Waals surface area contributed by atoms with Crippen LogP contribution in [0.1, 0.15) is 45.8 Å². The topological polar surface area (TPSA) is 69.7 Å². The van der Waals surface area contributed by atoms with Crippen molar-refractivity contribution < 1.29 is 5.32 Å². The third kappa shape index (κ3) is 3.84. The fourth-order valence-corrected chi connectivity index (χ4v) is 5.64. The van der Waals surface area contributed by atoms with Crippen molar-refractivity contribution in [1.29, 1.82) is 5.26 Å². The highest BCUT2D eigenvalue weighted by molar-refractivity contribution is 5.95. The van der Waals surface area contributed by atoms with E-state index in [1.54, 1.807) is 0 Å². The van der Waals surface area contributed by atoms with E-state index < -0.39 is 0 Å². The van der Waals surface area contributed by atoms with Crippen LogP contribution in [0.25, 0.3) is 22.7 Å². The molecule has 5 heteroatoms. The van der Waals surface area contributed by atoms with Gasteiger partial charge in [-0.15, -0.1) is 0 Å². The molecule has 3 N–H and O–H groups in total. The quantitative estimate of drug-likeness (QED) is 0.354. The third-order valence-electron chi connectivity index (χ3n) is 7.44. The second-order valence-corrected chi connectivity index (χ2v) is 9.75. The molecular formula is C33H26N5+. The Morgan fingerprint density at radius 1 is 0.868 bits per heavy atom. The number of amidine groups is 1. The summed E-state index contributed by atoms with van der Waals surface area (Å²) < 4.78 is 2.33. The average Bonchev–Trinajstić information content (AvgIpc) is 3.59. The lowest BCUT2D eigenvalue weighted by Gasteiger charge is -2.28. The van der Waals surface area contributed by atoms with Crippen molar-refractivity contribution in [3.63, 3.8) is 0 Å². The highest BCUT2D eigenvalue weighted by Crippen LogP contribution is 2.35. The molecule has 7 rings (SSSR count). The van der Waals surface area contributed by atoms with Gasteiger partial charge in [0.2, 0.25) is 5.84 Å². The van der Waals surface area contributed by atoms with Crippen LogP contribution in [-0.4, -0.2) is 10.4 Å². The number of hydrogen-bond acceptors (Lipinski definition) is 3. The first-order valence-corrected chi connectivity index (χ1v) is 12.9. The molecule has 5 aromatic rings. The lowest BCUT2D eigenvalue weighted by atomic mass is 10.1. The van der Waals surface area contributed by atoms with E-state index in [0.717, 1.165) is 40.0 Å². The van der Waals surface area contributed by atoms with Gasteiger partial charge in [0.1, 0.15) is 6.17 Å². The second kappa shape index (κ2) is 9.28. The molecule has 0 radical (unpaired) electrons. The maximum absolute atomic E-state index is 9.46. The Morgan fingerprint density at radius 3 is 2.47 bits per heavy atom. The third-order valence-corrected chi connectivity index (χ3v) is 7.44. The minimum Gasteiger partial charge on any atom is -0.313 e. The second-order valence-electron chi connectivity index (χ2n) is 9.75. The molecular weight excluding hydrogens is 466 g/mol. The molecule has 0 bridgehead atoms. The van der Waals surface area contributed by atoms with Gasteiger partial charge in [-0.2, -0.15) is 5.26 Å². The zero-order chi connectivity index (χ0) is 25.5. The summed E-state index contributed by atoms with van der Waals surface area (Å²) in [5.41, 5.74) is 8.82. The van der Waals surface area contributed by atoms with Gasteiger partial charge in [0, 0.05) is 34.3 Å². The van der Waals surface area contributed by atoms with Gasteiger partial charge in [-0.25, -0.2) is 10.3 Å². The zero-order valence-electron chi connectivity index (χ0n) is 20.8. The van der Waals surface area contributed by atoms with Crippen LogP contribution < -0.4 is 10.6 Å². The van der Waals surface area contributed by atoms with Crippen molar-refractivity contribution in [2.24, 2.45) is 4.99 Å². The monoisotopic (exact) mass is 492 g/mol. The first-order valence-electron chi connectivity index (χ1n) is 12.9. The highest BCUT2D eigenvalue weighted by atomic mass is 15.3. The number of nitrogens with two attached hydrogens (primary N) is 1. The minimum atomic E-state index is -0.196. The van der Waals surface area contributed by atoms with E-state index in [1.165, 1.54) is 16.8 Å². The van der Waals surface area contributed by atoms with Crippen molar-refractivity contribution in [2.45, 2.75) is 18.8 Å². The molecule has 0 saturated carbocycles. The number of nitriles is 1. The number of aliphatic imine (C=N–C) groups is 1. The summed E-state index contributed by atoms with van der Waals surface area (Å²) in [5, 5.41) is 16.6. The molecule has 182 valence electrons. The minimum absolute atomic E-state index is 0.0443. The highest BCUT2D eigenvalue weighted by Gasteiger charge is 2.29. The molecule has 0 spiro atoms. The van der Waals surface area contributed by atoms with E-state index in [9.17, 15) is 5.26 Å². The molecule has 38 heavy (non-hydrogen) atoms. The Labute approximate surface area is 221 Å². The molecule has 2 heterocycles. The number of hydrogen-bond donors (Lipinski definition) is 2. The predicted molar refractivity (Wildman–Crippen MR) is 151 cm³/mol. The van der Waals surface area contributed by atoms with Crippen LogP contribution in [-0.2, 0) is 6.42 Å². The summed E-state index contributed by atoms with van der Waals surface area (Å²) >= 11 is 0. The fraction of sp³-hybridized carbons (Fsp3) is 0.0909. The summed E-state index contributed by atoms with van der Waals surface area (Å²) in [4.78, 5) is 5.17. The van der Waals surface area contributed by atoms with Gasteiger partial charge in [-0.05, 0) is 48.0 Å². The molecule has 1 aromatic heterocycles. The summed E-state index contributed by atoms with van der Waals surface area (Å²) in [6.07, 6.45) is 5.10. The lowest BCUT2D eigenvalue weighted by molar-refractivity contribution is -0.600. The SMILES string of the molecule is N#Cc1ccc2c(c1)c1c(n2-c2cccc(C3N=C(c4ccccc4)[NH2+]C(c4ccccc4)N3)c2)CC=C1. The van der Waals surface area contributed by atoms with E-state index in [0.29, 0.717) is 5.56 Å². The number of rotatable bonds is 4. The smallest absolute Gasteiger partial charge is 0.230 e. The van der Waals surface area contributed by atoms with Gasteiger partial charge >= 0.3 is 0 Å². The van der Waals surface area contributed by atoms with E-state index in [1.807, 2.05) is 24.3 Å². The number of fused-ring (bicyclic) bond motifs is 3. The molecule has 4 aromatic carbocycles. The van der Waals surface area contributed by atoms with Gasteiger partial charge in [-0.3, -0.25) is 5.32 Å². The van der Waals surface area contributed by atoms with E-state index in [4.69, 9.17) is 4.99 Å². The molecule has 0 fully saturated rings. The zero-order valence-corrected chi connectivity index (χ0v) is 20.8. The van der Waals surface area contributed by atoms with E-state index >= 15 is 0 Å². The number of nitrogens with one attached hydrogen (secondary N) is 1. The summed E-state index contributed by atoms with van der Waals surface area (Å²) in [7, 11) is 0. The van der Waals surface area contributed by atoms with Crippen LogP contribution in [0.5, 0.6) is 0 Å². The van der Waals surface area contributed by atoms with Crippen molar-refractivity contribution >= 4 is 22.8 Å². The Balaban J connectivity index is 1.33. The number of nitrogens with zero attached hydrogens (tertiary/aromatic N) is 3. The first kappa shape index (κ1) is 22.4. The van der Waals surface area contributed by atoms with Crippen LogP contribution in [0.2, 0.25) is 0 Å². The molecule has 0 amide bonds. The molecule has 1 aliphatic heterocycles. The number of allylic oxidation sites excluding steroid dienone is 1. The number of aromatic nitrogens is 1. The van der Waals surface area contributed by atoms with Crippen LogP contribution in [0.15, 0.2) is 114 Å². The van der Waals surface area contributed by atoms with Crippen molar-refractivity contribution in [3.05, 3.63) is 143 Å². The Bertz CT molecular complexity index is 1760. The van der Waals surface area contributed by atoms with E-state index in [-0.39, 0.29) is 12.3 Å². The molecule has 0 saturated heterocycles. The van der Waals surface area contributed by atoms with Gasteiger partial charge in [0.25, 0.3) is 0 Å². The maximum Gasteiger partial charge on any atom is 0.230 e. The van der Waals surface area contributed by atoms with Crippen LogP contribution in [0, 0.1) is 11.3 Å². The van der Waals surface area contributed by atoms with Crippen molar-refractivity contribution in [1.82, 2.24) is 9.88 Å². The van der Waals surface area contributed by atoms with Gasteiger partial charge in [-0.1, -0.05) is 72.8 Å². The van der Waals surface area contributed by atoms with Gasteiger partial charge in [0.15, 0.2) is 6.17 Å². The van der Waals surface area contributed by atoms with Gasteiger partial charge < -0.3 is 4.57 Å². The summed E-state index contributed by atoms with van der Waals surface area (Å²) in [6.45, 7) is 0. The first-order chi connectivity index (χ1) is 18.8. The largest absolute Gasteiger partial charge is 0.313 e. The van der Waals surface area contributed by atoms with Crippen molar-refractivity contribution in [2.75, 3.05) is 0 Å². The van der Waals surface area contributed by atoms with E-state index in [2.05, 4.69) is 112 Å². The molecule has 2 unspecified atom stereocenters. The van der Waals surface area contributed by atoms with Crippen molar-refractivity contribution in [3.8, 4) is 11.8 Å². The number of quaternary nitrogens is 1. The number of benzene rings is 4. The Kier molecular flexibility index (Phi) is 5.48. The summed E-state index contributed by atoms with van der Waals surface area (Å²) in [6, 6.07) is 37.9.